The number of phenols is 1. The topological polar surface area (TPSA) is 83.7 Å². The van der Waals surface area contributed by atoms with Crippen LogP contribution in [0.2, 0.25) is 0 Å². The first-order valence-corrected chi connectivity index (χ1v) is 10.7. The van der Waals surface area contributed by atoms with E-state index in [0.29, 0.717) is 27.7 Å². The molecule has 1 aliphatic heterocycles. The van der Waals surface area contributed by atoms with Crippen LogP contribution in [0.4, 0.5) is 0 Å². The predicted molar refractivity (Wildman–Crippen MR) is 130 cm³/mol. The molecule has 3 aromatic carbocycles. The zero-order chi connectivity index (χ0) is 22.9. The molecule has 1 atom stereocenters. The van der Waals surface area contributed by atoms with Crippen LogP contribution in [0.15, 0.2) is 88.9 Å². The third-order valence-corrected chi connectivity index (χ3v) is 5.79. The van der Waals surface area contributed by atoms with E-state index in [1.165, 1.54) is 7.11 Å². The predicted octanol–water partition coefficient (Wildman–Crippen LogP) is 4.96. The van der Waals surface area contributed by atoms with Crippen LogP contribution in [-0.4, -0.2) is 23.1 Å². The number of hydrogen-bond acceptors (Lipinski definition) is 5. The van der Waals surface area contributed by atoms with Crippen LogP contribution in [-0.2, 0) is 0 Å². The summed E-state index contributed by atoms with van der Waals surface area (Å²) in [6.07, 6.45) is 0. The van der Waals surface area contributed by atoms with Crippen molar-refractivity contribution < 1.29 is 19.1 Å². The number of para-hydroxylation sites is 1. The van der Waals surface area contributed by atoms with Gasteiger partial charge < -0.3 is 24.9 Å². The number of phenolic OH excluding ortho intramolecular Hbond substituents is 1. The molecule has 6 nitrogen and oxygen atoms in total. The fourth-order valence-electron chi connectivity index (χ4n) is 4.05. The van der Waals surface area contributed by atoms with Gasteiger partial charge >= 0.3 is 0 Å². The smallest absolute Gasteiger partial charge is 0.232 e. The average molecular weight is 457 g/mol. The molecule has 0 bridgehead atoms. The number of aromatic hydroxyl groups is 1. The summed E-state index contributed by atoms with van der Waals surface area (Å²) in [5.41, 5.74) is 3.16. The lowest BCUT2D eigenvalue weighted by Gasteiger charge is -2.31. The van der Waals surface area contributed by atoms with Gasteiger partial charge in [0, 0.05) is 0 Å². The van der Waals surface area contributed by atoms with E-state index < -0.39 is 6.04 Å². The van der Waals surface area contributed by atoms with Crippen molar-refractivity contribution in [3.63, 3.8) is 0 Å². The molecule has 3 N–H and O–H groups in total. The van der Waals surface area contributed by atoms with Gasteiger partial charge in [0.15, 0.2) is 10.9 Å². The highest BCUT2D eigenvalue weighted by molar-refractivity contribution is 7.80. The molecule has 0 aliphatic carbocycles. The molecule has 0 saturated heterocycles. The highest BCUT2D eigenvalue weighted by atomic mass is 32.1. The van der Waals surface area contributed by atoms with Gasteiger partial charge in [-0.3, -0.25) is 4.79 Å². The summed E-state index contributed by atoms with van der Waals surface area (Å²) in [5, 5.41) is 17.2. The Kier molecular flexibility index (Phi) is 5.32. The Morgan fingerprint density at radius 1 is 1.00 bits per heavy atom. The second-order valence-electron chi connectivity index (χ2n) is 7.57. The maximum Gasteiger partial charge on any atom is 0.232 e. The lowest BCUT2D eigenvalue weighted by atomic mass is 9.89. The van der Waals surface area contributed by atoms with E-state index in [9.17, 15) is 9.90 Å². The molecule has 0 radical (unpaired) electrons. The second kappa shape index (κ2) is 8.44. The molecular weight excluding hydrogens is 436 g/mol. The van der Waals surface area contributed by atoms with E-state index in [2.05, 4.69) is 10.6 Å². The number of carbonyl (C=O) groups is 1. The van der Waals surface area contributed by atoms with Crippen LogP contribution in [0, 0.1) is 0 Å². The van der Waals surface area contributed by atoms with E-state index in [-0.39, 0.29) is 17.3 Å². The number of ketones is 1. The number of hydrogen-bond donors (Lipinski definition) is 3. The fourth-order valence-corrected chi connectivity index (χ4v) is 4.27. The zero-order valence-corrected chi connectivity index (χ0v) is 18.5. The number of nitrogens with one attached hydrogen (secondary N) is 2. The molecule has 2 heterocycles. The SMILES string of the molecule is COc1c(C(=O)C2=C(c3ccccc3)NC(=S)NC2c2ccc(O)cc2)oc2ccccc12. The molecule has 1 aromatic heterocycles. The molecule has 0 saturated carbocycles. The van der Waals surface area contributed by atoms with Crippen LogP contribution in [0.25, 0.3) is 16.7 Å². The van der Waals surface area contributed by atoms with Gasteiger partial charge in [-0.05, 0) is 47.6 Å². The van der Waals surface area contributed by atoms with E-state index >= 15 is 0 Å². The first-order valence-electron chi connectivity index (χ1n) is 10.3. The molecule has 1 aliphatic rings. The van der Waals surface area contributed by atoms with Crippen molar-refractivity contribution in [3.05, 3.63) is 101 Å². The van der Waals surface area contributed by atoms with Crippen molar-refractivity contribution in [2.24, 2.45) is 0 Å². The molecule has 164 valence electrons. The summed E-state index contributed by atoms with van der Waals surface area (Å²) in [6.45, 7) is 0. The number of furan rings is 1. The molecule has 4 aromatic rings. The van der Waals surface area contributed by atoms with Gasteiger partial charge in [0.05, 0.1) is 29.8 Å². The Balaban J connectivity index is 1.75. The standard InChI is InChI=1S/C26H20N2O4S/c1-31-24-18-9-5-6-10-19(18)32-25(24)23(30)20-21(15-7-3-2-4-8-15)27-26(33)28-22(20)16-11-13-17(29)14-12-16/h2-14,22,29H,1H3,(H2,27,28,33). The van der Waals surface area contributed by atoms with Gasteiger partial charge in [0.25, 0.3) is 0 Å². The largest absolute Gasteiger partial charge is 0.508 e. The van der Waals surface area contributed by atoms with Crippen LogP contribution in [0.5, 0.6) is 11.5 Å². The molecule has 1 unspecified atom stereocenters. The molecule has 33 heavy (non-hydrogen) atoms. The molecule has 5 rings (SSSR count). The van der Waals surface area contributed by atoms with Gasteiger partial charge in [-0.1, -0.05) is 54.6 Å². The van der Waals surface area contributed by atoms with Gasteiger partial charge in [0.2, 0.25) is 11.5 Å². The van der Waals surface area contributed by atoms with Crippen molar-refractivity contribution in [2.45, 2.75) is 6.04 Å². The highest BCUT2D eigenvalue weighted by Gasteiger charge is 2.36. The van der Waals surface area contributed by atoms with Crippen molar-refractivity contribution in [1.82, 2.24) is 10.6 Å². The van der Waals surface area contributed by atoms with Crippen LogP contribution in [0.3, 0.4) is 0 Å². The third kappa shape index (κ3) is 3.72. The first kappa shape index (κ1) is 20.8. The molecule has 0 fully saturated rings. The number of fused-ring (bicyclic) bond motifs is 1. The maximum absolute atomic E-state index is 14.1. The summed E-state index contributed by atoms with van der Waals surface area (Å²) < 4.78 is 11.6. The van der Waals surface area contributed by atoms with Crippen molar-refractivity contribution in [3.8, 4) is 11.5 Å². The average Bonchev–Trinajstić information content (AvgIpc) is 3.23. The number of methoxy groups -OCH3 is 1. The summed E-state index contributed by atoms with van der Waals surface area (Å²) in [7, 11) is 1.52. The van der Waals surface area contributed by atoms with Gasteiger partial charge in [-0.25, -0.2) is 0 Å². The lowest BCUT2D eigenvalue weighted by molar-refractivity contribution is 0.0995. The molecule has 0 spiro atoms. The number of rotatable bonds is 5. The first-order chi connectivity index (χ1) is 16.1. The van der Waals surface area contributed by atoms with Crippen molar-refractivity contribution >= 4 is 39.8 Å². The molecular formula is C26H20N2O4S. The summed E-state index contributed by atoms with van der Waals surface area (Å²) in [5.74, 6) is 0.298. The van der Waals surface area contributed by atoms with E-state index in [1.54, 1.807) is 30.3 Å². The van der Waals surface area contributed by atoms with E-state index in [1.807, 2.05) is 48.5 Å². The Bertz CT molecular complexity index is 1390. The van der Waals surface area contributed by atoms with Gasteiger partial charge in [-0.15, -0.1) is 0 Å². The Hall–Kier alpha value is -4.10. The third-order valence-electron chi connectivity index (χ3n) is 5.57. The number of Topliss-reactive ketones (excluding diaryl/α,β-unsaturated/α-hetero) is 1. The van der Waals surface area contributed by atoms with Crippen molar-refractivity contribution in [1.29, 1.82) is 0 Å². The highest BCUT2D eigenvalue weighted by Crippen LogP contribution is 2.39. The summed E-state index contributed by atoms with van der Waals surface area (Å²) in [6, 6.07) is 23.0. The second-order valence-corrected chi connectivity index (χ2v) is 7.98. The van der Waals surface area contributed by atoms with E-state index in [4.69, 9.17) is 21.4 Å². The maximum atomic E-state index is 14.1. The quantitative estimate of drug-likeness (QED) is 0.289. The number of ether oxygens (including phenoxy) is 1. The van der Waals surface area contributed by atoms with Crippen molar-refractivity contribution in [2.75, 3.05) is 7.11 Å². The number of carbonyl (C=O) groups excluding carboxylic acids is 1. The molecule has 0 amide bonds. The Labute approximate surface area is 195 Å². The van der Waals surface area contributed by atoms with E-state index in [0.717, 1.165) is 16.5 Å². The minimum atomic E-state index is -0.569. The minimum absolute atomic E-state index is 0.113. The molecule has 7 heteroatoms. The van der Waals surface area contributed by atoms with Gasteiger partial charge in [0.1, 0.15) is 11.3 Å². The zero-order valence-electron chi connectivity index (χ0n) is 17.7. The normalized spacial score (nSPS) is 15.8. The minimum Gasteiger partial charge on any atom is -0.508 e. The van der Waals surface area contributed by atoms with Crippen LogP contribution in [0.1, 0.15) is 27.7 Å². The number of benzene rings is 3. The summed E-state index contributed by atoms with van der Waals surface area (Å²) in [4.78, 5) is 14.1. The van der Waals surface area contributed by atoms with Gasteiger partial charge in [-0.2, -0.15) is 0 Å². The number of thiocarbonyl (C=S) groups is 1. The van der Waals surface area contributed by atoms with Crippen LogP contribution < -0.4 is 15.4 Å². The summed E-state index contributed by atoms with van der Waals surface area (Å²) >= 11 is 5.48. The van der Waals surface area contributed by atoms with Crippen LogP contribution >= 0.6 is 12.2 Å². The Morgan fingerprint density at radius 3 is 2.42 bits per heavy atom. The fraction of sp³-hybridized carbons (Fsp3) is 0.0769. The Morgan fingerprint density at radius 2 is 1.70 bits per heavy atom. The monoisotopic (exact) mass is 456 g/mol. The lowest BCUT2D eigenvalue weighted by Crippen LogP contribution is -2.44.